The Bertz CT molecular complexity index is 546. The third-order valence-electron chi connectivity index (χ3n) is 2.37. The van der Waals surface area contributed by atoms with Gasteiger partial charge in [0.1, 0.15) is 6.10 Å². The lowest BCUT2D eigenvalue weighted by Crippen LogP contribution is -2.33. The molecule has 0 radical (unpaired) electrons. The molecule has 1 atom stereocenters. The Morgan fingerprint density at radius 2 is 1.94 bits per heavy atom. The molecule has 3 nitrogen and oxygen atoms in total. The summed E-state index contributed by atoms with van der Waals surface area (Å²) in [5.74, 6) is -0.133. The van der Waals surface area contributed by atoms with Gasteiger partial charge < -0.3 is 5.11 Å². The van der Waals surface area contributed by atoms with Crippen molar-refractivity contribution in [3.8, 4) is 0 Å². The van der Waals surface area contributed by atoms with E-state index >= 15 is 0 Å². The second-order valence-corrected chi connectivity index (χ2v) is 11.4. The van der Waals surface area contributed by atoms with E-state index in [0.717, 1.165) is 0 Å². The van der Waals surface area contributed by atoms with Crippen LogP contribution in [0.4, 0.5) is 0 Å². The molecule has 1 N–H and O–H groups in total. The normalized spacial score (nSPS) is 14.6. The van der Waals surface area contributed by atoms with Crippen LogP contribution in [0.15, 0.2) is 18.2 Å². The number of sulfone groups is 1. The first-order valence-corrected chi connectivity index (χ1v) is 8.86. The zero-order valence-corrected chi connectivity index (χ0v) is 14.7. The van der Waals surface area contributed by atoms with Gasteiger partial charge in [-0.05, 0) is 12.1 Å². The molecule has 0 aliphatic rings. The van der Waals surface area contributed by atoms with E-state index in [0.29, 0.717) is 5.02 Å². The fraction of sp³-hybridized carbons (Fsp3) is 0.400. The molecule has 0 amide bonds. The van der Waals surface area contributed by atoms with E-state index < -0.39 is 18.5 Å². The largest absolute Gasteiger partial charge is 0.385 e. The minimum absolute atomic E-state index is 0.133. The van der Waals surface area contributed by atoms with Crippen molar-refractivity contribution in [3.63, 3.8) is 0 Å². The van der Waals surface area contributed by atoms with Crippen molar-refractivity contribution < 1.29 is 13.5 Å². The van der Waals surface area contributed by atoms with E-state index in [2.05, 4.69) is 31.9 Å². The predicted molar refractivity (Wildman–Crippen MR) is 81.5 cm³/mol. The van der Waals surface area contributed by atoms with Crippen LogP contribution >= 0.6 is 55.1 Å². The van der Waals surface area contributed by atoms with Crippen molar-refractivity contribution in [2.24, 2.45) is 0 Å². The lowest BCUT2D eigenvalue weighted by atomic mass is 10.1. The van der Waals surface area contributed by atoms with Gasteiger partial charge in [-0.3, -0.25) is 0 Å². The van der Waals surface area contributed by atoms with E-state index in [9.17, 15) is 13.5 Å². The van der Waals surface area contributed by atoms with Gasteiger partial charge in [-0.25, -0.2) is 8.42 Å². The van der Waals surface area contributed by atoms with E-state index in [1.807, 2.05) is 0 Å². The summed E-state index contributed by atoms with van der Waals surface area (Å²) in [6.45, 7) is 1.49. The van der Waals surface area contributed by atoms with Crippen molar-refractivity contribution in [2.45, 2.75) is 15.6 Å². The molecule has 0 saturated carbocycles. The molecule has 0 spiro atoms. The van der Waals surface area contributed by atoms with E-state index in [1.54, 1.807) is 0 Å². The van der Waals surface area contributed by atoms with Gasteiger partial charge in [-0.2, -0.15) is 0 Å². The topological polar surface area (TPSA) is 54.4 Å². The smallest absolute Gasteiger partial charge is 0.210 e. The second-order valence-electron chi connectivity index (χ2n) is 3.53. The Hall–Kier alpha value is 0.670. The molecule has 0 heterocycles. The Labute approximate surface area is 133 Å². The summed E-state index contributed by atoms with van der Waals surface area (Å²) in [6.07, 6.45) is -1.37. The first-order chi connectivity index (χ1) is 8.13. The van der Waals surface area contributed by atoms with Crippen LogP contribution < -0.4 is 0 Å². The molecule has 0 saturated heterocycles. The van der Waals surface area contributed by atoms with Gasteiger partial charge >= 0.3 is 0 Å². The van der Waals surface area contributed by atoms with Crippen LogP contribution in [0, 0.1) is 0 Å². The van der Waals surface area contributed by atoms with Crippen LogP contribution in [-0.2, 0) is 9.84 Å². The first kappa shape index (κ1) is 16.7. The summed E-state index contributed by atoms with van der Waals surface area (Å²) in [5.41, 5.74) is 0.270. The van der Waals surface area contributed by atoms with Gasteiger partial charge in [0.15, 0.2) is 9.84 Å². The number of benzene rings is 1. The number of alkyl halides is 2. The van der Waals surface area contributed by atoms with Gasteiger partial charge in [-0.1, -0.05) is 68.1 Å². The Kier molecular flexibility index (Phi) is 5.55. The van der Waals surface area contributed by atoms with Crippen LogP contribution in [0.1, 0.15) is 18.6 Å². The first-order valence-electron chi connectivity index (χ1n) is 4.86. The lowest BCUT2D eigenvalue weighted by Gasteiger charge is -2.26. The molecule has 0 aliphatic heterocycles. The fourth-order valence-corrected chi connectivity index (χ4v) is 4.50. The van der Waals surface area contributed by atoms with Gasteiger partial charge in [0.05, 0.1) is 0 Å². The van der Waals surface area contributed by atoms with Gasteiger partial charge in [0, 0.05) is 21.4 Å². The molecule has 102 valence electrons. The Morgan fingerprint density at radius 3 is 2.39 bits per heavy atom. The zero-order chi connectivity index (χ0) is 14.1. The average molecular weight is 441 g/mol. The number of hydrogen-bond donors (Lipinski definition) is 1. The maximum Gasteiger partial charge on any atom is 0.210 e. The highest BCUT2D eigenvalue weighted by Crippen LogP contribution is 2.46. The molecule has 18 heavy (non-hydrogen) atoms. The summed E-state index contributed by atoms with van der Waals surface area (Å²) in [7, 11) is -3.58. The highest BCUT2D eigenvalue weighted by molar-refractivity contribution is 9.28. The van der Waals surface area contributed by atoms with Gasteiger partial charge in [0.25, 0.3) is 0 Å². The fourth-order valence-electron chi connectivity index (χ4n) is 1.27. The summed E-state index contributed by atoms with van der Waals surface area (Å²) in [5, 5.41) is 10.8. The molecule has 0 fully saturated rings. The highest BCUT2D eigenvalue weighted by atomic mass is 79.9. The maximum absolute atomic E-state index is 11.9. The molecular formula is C10H10Br2Cl2O3S. The number of aliphatic hydroxyl groups is 1. The molecule has 0 aliphatic carbocycles. The quantitative estimate of drug-likeness (QED) is 0.722. The molecule has 0 aromatic heterocycles. The van der Waals surface area contributed by atoms with Crippen LogP contribution in [0.2, 0.25) is 10.0 Å². The van der Waals surface area contributed by atoms with Crippen molar-refractivity contribution in [2.75, 3.05) is 5.75 Å². The van der Waals surface area contributed by atoms with Crippen LogP contribution in [-0.4, -0.2) is 21.8 Å². The predicted octanol–water partition coefficient (Wildman–Crippen LogP) is 3.91. The van der Waals surface area contributed by atoms with Gasteiger partial charge in [0.2, 0.25) is 2.57 Å². The van der Waals surface area contributed by atoms with Crippen LogP contribution in [0.5, 0.6) is 0 Å². The lowest BCUT2D eigenvalue weighted by molar-refractivity contribution is 0.189. The number of aliphatic hydroxyl groups excluding tert-OH is 1. The van der Waals surface area contributed by atoms with E-state index in [1.165, 1.54) is 25.1 Å². The highest BCUT2D eigenvalue weighted by Gasteiger charge is 2.45. The molecule has 0 bridgehead atoms. The minimum Gasteiger partial charge on any atom is -0.385 e. The summed E-state index contributed by atoms with van der Waals surface area (Å²) < 4.78 is 22.1. The maximum atomic E-state index is 11.9. The third kappa shape index (κ3) is 3.22. The third-order valence-corrected chi connectivity index (χ3v) is 8.57. The standard InChI is InChI=1S/C10H10Br2Cl2O3S/c1-2-18(16,17)10(11,12)9(15)7-4-3-6(13)5-8(7)14/h3-5,9,15H,2H2,1H3/t9-/m1/s1. The summed E-state index contributed by atoms with van der Waals surface area (Å²) in [4.78, 5) is 0. The summed E-state index contributed by atoms with van der Waals surface area (Å²) >= 11 is 17.7. The minimum atomic E-state index is -3.58. The van der Waals surface area contributed by atoms with Gasteiger partial charge in [-0.15, -0.1) is 0 Å². The SMILES string of the molecule is CCS(=O)(=O)C(Br)(Br)[C@H](O)c1ccc(Cl)cc1Cl. The van der Waals surface area contributed by atoms with Crippen molar-refractivity contribution >= 4 is 64.9 Å². The van der Waals surface area contributed by atoms with Crippen molar-refractivity contribution in [3.05, 3.63) is 33.8 Å². The molecule has 8 heteroatoms. The van der Waals surface area contributed by atoms with Crippen molar-refractivity contribution in [1.82, 2.24) is 0 Å². The zero-order valence-electron chi connectivity index (χ0n) is 9.20. The molecule has 0 unspecified atom stereocenters. The second kappa shape index (κ2) is 5.97. The monoisotopic (exact) mass is 438 g/mol. The average Bonchev–Trinajstić information content (AvgIpc) is 2.28. The van der Waals surface area contributed by atoms with Crippen molar-refractivity contribution in [1.29, 1.82) is 0 Å². The summed E-state index contributed by atoms with van der Waals surface area (Å²) in [6, 6.07) is 4.45. The Morgan fingerprint density at radius 1 is 1.39 bits per heavy atom. The molecule has 1 aromatic carbocycles. The molecule has 1 aromatic rings. The van der Waals surface area contributed by atoms with E-state index in [-0.39, 0.29) is 16.3 Å². The van der Waals surface area contributed by atoms with Crippen LogP contribution in [0.25, 0.3) is 0 Å². The number of halogens is 4. The number of hydrogen-bond acceptors (Lipinski definition) is 3. The number of rotatable bonds is 4. The van der Waals surface area contributed by atoms with E-state index in [4.69, 9.17) is 23.2 Å². The molecule has 1 rings (SSSR count). The van der Waals surface area contributed by atoms with Crippen LogP contribution in [0.3, 0.4) is 0 Å². The molecular weight excluding hydrogens is 431 g/mol. The Balaban J connectivity index is 3.26.